The smallest absolute Gasteiger partial charge is 0.255 e. The van der Waals surface area contributed by atoms with Gasteiger partial charge in [0.05, 0.1) is 23.0 Å². The standard InChI is InChI=1S/C27H21FN8O/c28-22-4-1-17(2-5-22)7-8-30-27(37)23-9-19(11-29)14-33-26(23)32-13-18-3-6-24(31-12-18)20-10-21-16-35-36-25(21)34-15-20/h1-6,9-10,12,14-16H,7-8,13H2,(H,30,37)(H,32,33)(H,34,35,36). The van der Waals surface area contributed by atoms with Gasteiger partial charge in [-0.3, -0.25) is 14.9 Å². The summed E-state index contributed by atoms with van der Waals surface area (Å²) in [6, 6.07) is 15.4. The molecule has 0 unspecified atom stereocenters. The maximum absolute atomic E-state index is 13.1. The van der Waals surface area contributed by atoms with E-state index in [-0.39, 0.29) is 22.9 Å². The van der Waals surface area contributed by atoms with Gasteiger partial charge in [-0.05, 0) is 47.9 Å². The van der Waals surface area contributed by atoms with Crippen LogP contribution in [-0.2, 0) is 13.0 Å². The van der Waals surface area contributed by atoms with Crippen LogP contribution in [0.5, 0.6) is 0 Å². The number of nitriles is 1. The minimum atomic E-state index is -0.357. The van der Waals surface area contributed by atoms with Crippen molar-refractivity contribution in [3.63, 3.8) is 0 Å². The van der Waals surface area contributed by atoms with E-state index in [0.29, 0.717) is 25.3 Å². The molecule has 0 aliphatic carbocycles. The zero-order chi connectivity index (χ0) is 25.6. The maximum atomic E-state index is 13.1. The number of halogens is 1. The Labute approximate surface area is 211 Å². The fraction of sp³-hybridized carbons (Fsp3) is 0.111. The summed E-state index contributed by atoms with van der Waals surface area (Å²) in [4.78, 5) is 26.0. The van der Waals surface area contributed by atoms with Crippen LogP contribution in [-0.4, -0.2) is 37.6 Å². The Bertz CT molecular complexity index is 1590. The SMILES string of the molecule is N#Cc1cnc(NCc2ccc(-c3cnc4[nH]ncc4c3)nc2)c(C(=O)NCCc2ccc(F)cc2)c1. The molecule has 3 N–H and O–H groups in total. The van der Waals surface area contributed by atoms with E-state index in [4.69, 9.17) is 0 Å². The van der Waals surface area contributed by atoms with Gasteiger partial charge in [0.2, 0.25) is 0 Å². The number of rotatable bonds is 8. The Kier molecular flexibility index (Phi) is 6.76. The van der Waals surface area contributed by atoms with E-state index in [1.54, 1.807) is 30.7 Å². The summed E-state index contributed by atoms with van der Waals surface area (Å²) in [6.45, 7) is 0.729. The Morgan fingerprint density at radius 2 is 1.81 bits per heavy atom. The minimum Gasteiger partial charge on any atom is -0.365 e. The van der Waals surface area contributed by atoms with Crippen LogP contribution in [0.1, 0.15) is 27.0 Å². The van der Waals surface area contributed by atoms with Crippen molar-refractivity contribution in [3.8, 4) is 17.3 Å². The Balaban J connectivity index is 1.24. The summed E-state index contributed by atoms with van der Waals surface area (Å²) < 4.78 is 13.1. The number of pyridine rings is 3. The number of hydrogen-bond donors (Lipinski definition) is 3. The molecule has 0 aliphatic rings. The summed E-state index contributed by atoms with van der Waals surface area (Å²) in [5.74, 6) is -0.303. The third kappa shape index (κ3) is 5.57. The van der Waals surface area contributed by atoms with E-state index in [2.05, 4.69) is 35.8 Å². The lowest BCUT2D eigenvalue weighted by Gasteiger charge is -2.12. The van der Waals surface area contributed by atoms with Crippen LogP contribution in [0.15, 0.2) is 73.3 Å². The van der Waals surface area contributed by atoms with E-state index in [9.17, 15) is 14.4 Å². The molecule has 0 aliphatic heterocycles. The van der Waals surface area contributed by atoms with Crippen LogP contribution < -0.4 is 10.6 Å². The summed E-state index contributed by atoms with van der Waals surface area (Å²) >= 11 is 0. The highest BCUT2D eigenvalue weighted by atomic mass is 19.1. The summed E-state index contributed by atoms with van der Waals surface area (Å²) in [5, 5.41) is 23.0. The molecular weight excluding hydrogens is 471 g/mol. The molecule has 0 saturated carbocycles. The van der Waals surface area contributed by atoms with E-state index >= 15 is 0 Å². The highest BCUT2D eigenvalue weighted by Crippen LogP contribution is 2.21. The van der Waals surface area contributed by atoms with Gasteiger partial charge in [-0.25, -0.2) is 14.4 Å². The zero-order valence-corrected chi connectivity index (χ0v) is 19.6. The number of carbonyl (C=O) groups is 1. The number of nitrogens with one attached hydrogen (secondary N) is 3. The number of anilines is 1. The van der Waals surface area contributed by atoms with E-state index < -0.39 is 0 Å². The van der Waals surface area contributed by atoms with Crippen molar-refractivity contribution in [1.82, 2.24) is 30.5 Å². The number of hydrogen-bond acceptors (Lipinski definition) is 7. The predicted molar refractivity (Wildman–Crippen MR) is 136 cm³/mol. The number of carbonyl (C=O) groups excluding carboxylic acids is 1. The van der Waals surface area contributed by atoms with Crippen molar-refractivity contribution >= 4 is 22.8 Å². The number of H-pyrrole nitrogens is 1. The predicted octanol–water partition coefficient (Wildman–Crippen LogP) is 4.01. The van der Waals surface area contributed by atoms with Crippen LogP contribution in [0.4, 0.5) is 10.2 Å². The lowest BCUT2D eigenvalue weighted by Crippen LogP contribution is -2.27. The van der Waals surface area contributed by atoms with Crippen LogP contribution in [0.25, 0.3) is 22.3 Å². The molecule has 5 aromatic rings. The quantitative estimate of drug-likeness (QED) is 0.298. The largest absolute Gasteiger partial charge is 0.365 e. The molecule has 4 heterocycles. The Morgan fingerprint density at radius 1 is 0.973 bits per heavy atom. The van der Waals surface area contributed by atoms with Gasteiger partial charge in [0, 0.05) is 42.6 Å². The van der Waals surface area contributed by atoms with Gasteiger partial charge in [-0.2, -0.15) is 10.4 Å². The molecule has 0 bridgehead atoms. The van der Waals surface area contributed by atoms with Crippen LogP contribution in [0.2, 0.25) is 0 Å². The van der Waals surface area contributed by atoms with E-state index in [0.717, 1.165) is 33.4 Å². The van der Waals surface area contributed by atoms with Crippen molar-refractivity contribution < 1.29 is 9.18 Å². The van der Waals surface area contributed by atoms with Gasteiger partial charge >= 0.3 is 0 Å². The van der Waals surface area contributed by atoms with Gasteiger partial charge < -0.3 is 10.6 Å². The van der Waals surface area contributed by atoms with Crippen molar-refractivity contribution in [1.29, 1.82) is 5.26 Å². The molecule has 0 saturated heterocycles. The Hall–Kier alpha value is -5.17. The molecule has 1 amide bonds. The molecule has 9 nitrogen and oxygen atoms in total. The number of fused-ring (bicyclic) bond motifs is 1. The zero-order valence-electron chi connectivity index (χ0n) is 19.6. The molecular formula is C27H21FN8O. The molecule has 0 atom stereocenters. The second kappa shape index (κ2) is 10.6. The summed E-state index contributed by atoms with van der Waals surface area (Å²) in [7, 11) is 0. The number of nitrogens with zero attached hydrogens (tertiary/aromatic N) is 5. The first-order chi connectivity index (χ1) is 18.1. The molecule has 182 valence electrons. The van der Waals surface area contributed by atoms with Gasteiger partial charge in [0.25, 0.3) is 5.91 Å². The summed E-state index contributed by atoms with van der Waals surface area (Å²) in [5.41, 5.74) is 4.70. The highest BCUT2D eigenvalue weighted by Gasteiger charge is 2.14. The van der Waals surface area contributed by atoms with Gasteiger partial charge in [0.15, 0.2) is 5.65 Å². The molecule has 0 radical (unpaired) electrons. The normalized spacial score (nSPS) is 10.7. The fourth-order valence-corrected chi connectivity index (χ4v) is 3.77. The summed E-state index contributed by atoms with van der Waals surface area (Å²) in [6.07, 6.45) is 7.15. The molecule has 0 fully saturated rings. The van der Waals surface area contributed by atoms with Crippen LogP contribution in [0.3, 0.4) is 0 Å². The highest BCUT2D eigenvalue weighted by molar-refractivity contribution is 5.99. The first kappa shape index (κ1) is 23.6. The average molecular weight is 493 g/mol. The minimum absolute atomic E-state index is 0.266. The third-order valence-electron chi connectivity index (χ3n) is 5.75. The lowest BCUT2D eigenvalue weighted by atomic mass is 10.1. The first-order valence-electron chi connectivity index (χ1n) is 11.5. The van der Waals surface area contributed by atoms with Crippen molar-refractivity contribution in [2.75, 3.05) is 11.9 Å². The topological polar surface area (TPSA) is 132 Å². The van der Waals surface area contributed by atoms with E-state index in [1.807, 2.05) is 24.3 Å². The molecule has 5 rings (SSSR count). The van der Waals surface area contributed by atoms with Gasteiger partial charge in [-0.1, -0.05) is 18.2 Å². The number of benzene rings is 1. The van der Waals surface area contributed by atoms with Crippen molar-refractivity contribution in [2.45, 2.75) is 13.0 Å². The number of amides is 1. The van der Waals surface area contributed by atoms with Gasteiger partial charge in [-0.15, -0.1) is 0 Å². The lowest BCUT2D eigenvalue weighted by molar-refractivity contribution is 0.0954. The molecule has 1 aromatic carbocycles. The molecule has 4 aromatic heterocycles. The second-order valence-corrected chi connectivity index (χ2v) is 8.30. The molecule has 0 spiro atoms. The molecule has 37 heavy (non-hydrogen) atoms. The maximum Gasteiger partial charge on any atom is 0.255 e. The van der Waals surface area contributed by atoms with E-state index in [1.165, 1.54) is 24.4 Å². The second-order valence-electron chi connectivity index (χ2n) is 8.30. The number of aromatic amines is 1. The van der Waals surface area contributed by atoms with Crippen molar-refractivity contribution in [2.24, 2.45) is 0 Å². The van der Waals surface area contributed by atoms with Gasteiger partial charge in [0.1, 0.15) is 17.7 Å². The fourth-order valence-electron chi connectivity index (χ4n) is 3.77. The first-order valence-corrected chi connectivity index (χ1v) is 11.5. The Morgan fingerprint density at radius 3 is 2.59 bits per heavy atom. The average Bonchev–Trinajstić information content (AvgIpc) is 3.41. The van der Waals surface area contributed by atoms with Crippen LogP contribution >= 0.6 is 0 Å². The molecule has 10 heteroatoms. The number of aromatic nitrogens is 5. The van der Waals surface area contributed by atoms with Crippen molar-refractivity contribution in [3.05, 3.63) is 101 Å². The third-order valence-corrected chi connectivity index (χ3v) is 5.75. The van der Waals surface area contributed by atoms with Crippen LogP contribution in [0, 0.1) is 17.1 Å². The monoisotopic (exact) mass is 492 g/mol.